The third kappa shape index (κ3) is 3.95. The van der Waals surface area contributed by atoms with Crippen LogP contribution >= 0.6 is 0 Å². The Bertz CT molecular complexity index is 273. The first-order valence-corrected chi connectivity index (χ1v) is 6.23. The first-order chi connectivity index (χ1) is 7.81. The van der Waals surface area contributed by atoms with Crippen LogP contribution in [0.2, 0.25) is 0 Å². The van der Waals surface area contributed by atoms with E-state index in [4.69, 9.17) is 0 Å². The van der Waals surface area contributed by atoms with Crippen LogP contribution in [0.3, 0.4) is 0 Å². The van der Waals surface area contributed by atoms with Crippen molar-refractivity contribution in [3.8, 4) is 0 Å². The maximum atomic E-state index is 9.43. The highest BCUT2D eigenvalue weighted by molar-refractivity contribution is 5.19. The van der Waals surface area contributed by atoms with Gasteiger partial charge in [0.15, 0.2) is 0 Å². The van der Waals surface area contributed by atoms with Crippen LogP contribution in [0.25, 0.3) is 0 Å². The van der Waals surface area contributed by atoms with Gasteiger partial charge in [-0.15, -0.1) is 0 Å². The molecule has 2 nitrogen and oxygen atoms in total. The molecule has 90 valence electrons. The van der Waals surface area contributed by atoms with Crippen LogP contribution in [0, 0.1) is 0 Å². The number of aliphatic hydroxyl groups is 1. The van der Waals surface area contributed by atoms with E-state index in [1.54, 1.807) is 0 Å². The molecule has 2 N–H and O–H groups in total. The van der Waals surface area contributed by atoms with Crippen LogP contribution in [0.5, 0.6) is 0 Å². The number of benzene rings is 1. The Morgan fingerprint density at radius 1 is 1.19 bits per heavy atom. The number of nitrogens with one attached hydrogen (secondary N) is 1. The van der Waals surface area contributed by atoms with Crippen molar-refractivity contribution in [1.82, 2.24) is 5.32 Å². The van der Waals surface area contributed by atoms with Gasteiger partial charge in [0.2, 0.25) is 0 Å². The van der Waals surface area contributed by atoms with Crippen LogP contribution < -0.4 is 5.32 Å². The number of aliphatic hydroxyl groups excluding tert-OH is 1. The van der Waals surface area contributed by atoms with Crippen LogP contribution in [-0.2, 0) is 0 Å². The molecular formula is C14H23NO. The quantitative estimate of drug-likeness (QED) is 0.742. The zero-order chi connectivity index (χ0) is 11.8. The Hall–Kier alpha value is -0.860. The molecule has 0 saturated heterocycles. The summed E-state index contributed by atoms with van der Waals surface area (Å²) < 4.78 is 0. The summed E-state index contributed by atoms with van der Waals surface area (Å²) in [6.07, 6.45) is 3.45. The average Bonchev–Trinajstić information content (AvgIpc) is 2.35. The van der Waals surface area contributed by atoms with Gasteiger partial charge in [0.25, 0.3) is 0 Å². The van der Waals surface area contributed by atoms with Crippen molar-refractivity contribution in [2.24, 2.45) is 0 Å². The zero-order valence-corrected chi connectivity index (χ0v) is 10.3. The maximum Gasteiger partial charge on any atom is 0.0626 e. The number of hydrogen-bond acceptors (Lipinski definition) is 2. The highest BCUT2D eigenvalue weighted by Gasteiger charge is 2.13. The molecule has 1 unspecified atom stereocenters. The molecular weight excluding hydrogens is 198 g/mol. The smallest absolute Gasteiger partial charge is 0.0626 e. The van der Waals surface area contributed by atoms with E-state index in [9.17, 15) is 5.11 Å². The molecule has 0 aliphatic carbocycles. The summed E-state index contributed by atoms with van der Waals surface area (Å²) in [5.74, 6) is 0. The summed E-state index contributed by atoms with van der Waals surface area (Å²) >= 11 is 0. The standard InChI is InChI=1S/C14H23NO/c1-3-8-13(4-2)15-14(11-16)12-9-6-5-7-10-12/h5-7,9-10,13-16H,3-4,8,11H2,1-2H3/t13?,14-/m1/s1. The molecule has 0 bridgehead atoms. The van der Waals surface area contributed by atoms with Crippen LogP contribution in [0.4, 0.5) is 0 Å². The molecule has 0 heterocycles. The molecule has 16 heavy (non-hydrogen) atoms. The molecule has 1 aromatic rings. The van der Waals surface area contributed by atoms with Gasteiger partial charge in [-0.25, -0.2) is 0 Å². The van der Waals surface area contributed by atoms with E-state index in [0.29, 0.717) is 6.04 Å². The van der Waals surface area contributed by atoms with Crippen molar-refractivity contribution < 1.29 is 5.11 Å². The summed E-state index contributed by atoms with van der Waals surface area (Å²) in [5, 5.41) is 13.0. The summed E-state index contributed by atoms with van der Waals surface area (Å²) in [4.78, 5) is 0. The van der Waals surface area contributed by atoms with Crippen molar-refractivity contribution in [2.45, 2.75) is 45.2 Å². The summed E-state index contributed by atoms with van der Waals surface area (Å²) in [6, 6.07) is 10.7. The van der Waals surface area contributed by atoms with Gasteiger partial charge in [-0.05, 0) is 18.4 Å². The average molecular weight is 221 g/mol. The fourth-order valence-corrected chi connectivity index (χ4v) is 1.98. The van der Waals surface area contributed by atoms with Gasteiger partial charge in [0.1, 0.15) is 0 Å². The van der Waals surface area contributed by atoms with E-state index in [1.165, 1.54) is 18.4 Å². The predicted octanol–water partition coefficient (Wildman–Crippen LogP) is 2.89. The number of rotatable bonds is 7. The van der Waals surface area contributed by atoms with E-state index < -0.39 is 0 Å². The molecule has 0 amide bonds. The lowest BCUT2D eigenvalue weighted by molar-refractivity contribution is 0.228. The molecule has 0 aliphatic rings. The lowest BCUT2D eigenvalue weighted by atomic mass is 10.0. The van der Waals surface area contributed by atoms with E-state index in [2.05, 4.69) is 31.3 Å². The lowest BCUT2D eigenvalue weighted by Gasteiger charge is -2.23. The molecule has 1 rings (SSSR count). The van der Waals surface area contributed by atoms with E-state index in [1.807, 2.05) is 18.2 Å². The third-order valence-corrected chi connectivity index (χ3v) is 2.95. The van der Waals surface area contributed by atoms with Crippen molar-refractivity contribution in [3.05, 3.63) is 35.9 Å². The van der Waals surface area contributed by atoms with Crippen molar-refractivity contribution >= 4 is 0 Å². The van der Waals surface area contributed by atoms with Crippen LogP contribution in [0.1, 0.15) is 44.7 Å². The first-order valence-electron chi connectivity index (χ1n) is 6.23. The van der Waals surface area contributed by atoms with Gasteiger partial charge in [0, 0.05) is 6.04 Å². The third-order valence-electron chi connectivity index (χ3n) is 2.95. The van der Waals surface area contributed by atoms with Gasteiger partial charge in [-0.2, -0.15) is 0 Å². The van der Waals surface area contributed by atoms with Gasteiger partial charge in [-0.1, -0.05) is 50.6 Å². The topological polar surface area (TPSA) is 32.3 Å². The minimum atomic E-state index is 0.0673. The van der Waals surface area contributed by atoms with Crippen molar-refractivity contribution in [3.63, 3.8) is 0 Å². The second kappa shape index (κ2) is 7.42. The highest BCUT2D eigenvalue weighted by Crippen LogP contribution is 2.14. The zero-order valence-electron chi connectivity index (χ0n) is 10.3. The fraction of sp³-hybridized carbons (Fsp3) is 0.571. The molecule has 0 spiro atoms. The molecule has 0 fully saturated rings. The summed E-state index contributed by atoms with van der Waals surface area (Å²) in [7, 11) is 0. The molecule has 0 aliphatic heterocycles. The molecule has 0 aromatic heterocycles. The van der Waals surface area contributed by atoms with Crippen molar-refractivity contribution in [2.75, 3.05) is 6.61 Å². The Balaban J connectivity index is 2.61. The minimum absolute atomic E-state index is 0.0673. The Morgan fingerprint density at radius 3 is 2.38 bits per heavy atom. The second-order valence-electron chi connectivity index (χ2n) is 4.21. The number of hydrogen-bond donors (Lipinski definition) is 2. The molecule has 1 aromatic carbocycles. The fourth-order valence-electron chi connectivity index (χ4n) is 1.98. The van der Waals surface area contributed by atoms with Gasteiger partial charge >= 0.3 is 0 Å². The minimum Gasteiger partial charge on any atom is -0.394 e. The van der Waals surface area contributed by atoms with Crippen molar-refractivity contribution in [1.29, 1.82) is 0 Å². The largest absolute Gasteiger partial charge is 0.394 e. The molecule has 2 atom stereocenters. The van der Waals surface area contributed by atoms with Gasteiger partial charge < -0.3 is 10.4 Å². The normalized spacial score (nSPS) is 14.7. The molecule has 2 heteroatoms. The second-order valence-corrected chi connectivity index (χ2v) is 4.21. The Kier molecular flexibility index (Phi) is 6.12. The summed E-state index contributed by atoms with van der Waals surface area (Å²) in [6.45, 7) is 4.54. The lowest BCUT2D eigenvalue weighted by Crippen LogP contribution is -2.34. The monoisotopic (exact) mass is 221 g/mol. The van der Waals surface area contributed by atoms with E-state index in [-0.39, 0.29) is 12.6 Å². The van der Waals surface area contributed by atoms with Gasteiger partial charge in [-0.3, -0.25) is 0 Å². The SMILES string of the molecule is CCCC(CC)N[C@H](CO)c1ccccc1. The Labute approximate surface area is 98.7 Å². The van der Waals surface area contributed by atoms with E-state index >= 15 is 0 Å². The highest BCUT2D eigenvalue weighted by atomic mass is 16.3. The first kappa shape index (κ1) is 13.2. The van der Waals surface area contributed by atoms with Crippen LogP contribution in [0.15, 0.2) is 30.3 Å². The van der Waals surface area contributed by atoms with Crippen LogP contribution in [-0.4, -0.2) is 17.8 Å². The molecule has 0 saturated carbocycles. The summed E-state index contributed by atoms with van der Waals surface area (Å²) in [5.41, 5.74) is 1.17. The predicted molar refractivity (Wildman–Crippen MR) is 68.4 cm³/mol. The van der Waals surface area contributed by atoms with Gasteiger partial charge in [0.05, 0.1) is 12.6 Å². The maximum absolute atomic E-state index is 9.43. The van der Waals surface area contributed by atoms with E-state index in [0.717, 1.165) is 6.42 Å². The Morgan fingerprint density at radius 2 is 1.88 bits per heavy atom. The molecule has 0 radical (unpaired) electrons.